The van der Waals surface area contributed by atoms with Crippen molar-refractivity contribution in [1.82, 2.24) is 0 Å². The smallest absolute Gasteiger partial charge is 0.308 e. The number of hydrogen-bond acceptors (Lipinski definition) is 1. The first kappa shape index (κ1) is 11.5. The molecule has 1 radical (unpaired) electrons. The van der Waals surface area contributed by atoms with E-state index in [0.717, 1.165) is 6.42 Å². The van der Waals surface area contributed by atoms with E-state index in [9.17, 15) is 0 Å². The third kappa shape index (κ3) is 2.73. The average molecular weight is 190 g/mol. The van der Waals surface area contributed by atoms with Crippen LogP contribution in [0, 0.1) is 0 Å². The van der Waals surface area contributed by atoms with E-state index in [0.29, 0.717) is 0 Å². The summed E-state index contributed by atoms with van der Waals surface area (Å²) < 4.78 is 0. The molecule has 0 fully saturated rings. The summed E-state index contributed by atoms with van der Waals surface area (Å²) in [5.41, 5.74) is 4.41. The third-order valence-electron chi connectivity index (χ3n) is 2.62. The molecule has 0 spiro atoms. The zero-order valence-corrected chi connectivity index (χ0v) is 9.77. The van der Waals surface area contributed by atoms with Gasteiger partial charge in [-0.15, -0.1) is 0 Å². The number of allylic oxidation sites excluding steroid dienone is 2. The van der Waals surface area contributed by atoms with Gasteiger partial charge in [0.05, 0.1) is 0 Å². The summed E-state index contributed by atoms with van der Waals surface area (Å²) in [6, 6.07) is 0. The van der Waals surface area contributed by atoms with Crippen LogP contribution < -0.4 is 0 Å². The lowest BCUT2D eigenvalue weighted by Gasteiger charge is -2.08. The molecule has 0 amide bonds. The predicted octanol–water partition coefficient (Wildman–Crippen LogP) is 3.71. The van der Waals surface area contributed by atoms with Crippen LogP contribution in [0.1, 0.15) is 59.3 Å². The van der Waals surface area contributed by atoms with Gasteiger partial charge >= 0.3 is 7.41 Å². The molecule has 0 N–H and O–H groups in total. The minimum absolute atomic E-state index is 1.15. The van der Waals surface area contributed by atoms with Gasteiger partial charge < -0.3 is 4.90 Å². The molecule has 1 heterocycles. The van der Waals surface area contributed by atoms with Crippen LogP contribution in [-0.4, -0.2) is 13.1 Å². The molecule has 1 nitrogen and oxygen atoms in total. The first-order chi connectivity index (χ1) is 6.83. The van der Waals surface area contributed by atoms with Gasteiger partial charge in [0.25, 0.3) is 0 Å². The molecule has 0 aromatic carbocycles. The molecule has 1 aliphatic rings. The minimum atomic E-state index is 1.15. The standard InChI is InChI=1S/C12H21BN/c1-4-7-10-11(8-5-2)13-14-12(10)9-6-3/h4-9H2,1-3H3. The molecule has 2 heteroatoms. The fourth-order valence-electron chi connectivity index (χ4n) is 1.99. The van der Waals surface area contributed by atoms with Crippen molar-refractivity contribution in [3.63, 3.8) is 0 Å². The molecule has 1 aliphatic heterocycles. The minimum Gasteiger partial charge on any atom is -0.346 e. The normalized spacial score (nSPS) is 15.8. The van der Waals surface area contributed by atoms with Gasteiger partial charge in [-0.2, -0.15) is 0 Å². The Morgan fingerprint density at radius 2 is 1.57 bits per heavy atom. The van der Waals surface area contributed by atoms with E-state index in [4.69, 9.17) is 0 Å². The number of hydrogen-bond donors (Lipinski definition) is 0. The van der Waals surface area contributed by atoms with E-state index in [1.54, 1.807) is 5.57 Å². The Morgan fingerprint density at radius 1 is 0.929 bits per heavy atom. The maximum absolute atomic E-state index is 4.54. The molecular formula is C12H21BN. The van der Waals surface area contributed by atoms with Crippen LogP contribution in [0.5, 0.6) is 0 Å². The summed E-state index contributed by atoms with van der Waals surface area (Å²) in [4.78, 5) is 4.54. The van der Waals surface area contributed by atoms with Crippen LogP contribution in [0.3, 0.4) is 0 Å². The molecule has 0 saturated heterocycles. The lowest BCUT2D eigenvalue weighted by atomic mass is 9.78. The van der Waals surface area contributed by atoms with Crippen molar-refractivity contribution >= 4 is 13.1 Å². The molecule has 0 aromatic heterocycles. The Morgan fingerprint density at radius 3 is 2.14 bits per heavy atom. The van der Waals surface area contributed by atoms with Crippen molar-refractivity contribution in [2.24, 2.45) is 4.90 Å². The van der Waals surface area contributed by atoms with Gasteiger partial charge in [-0.1, -0.05) is 45.5 Å². The molecule has 0 unspecified atom stereocenters. The molecule has 0 aromatic rings. The van der Waals surface area contributed by atoms with Crippen LogP contribution in [0.2, 0.25) is 0 Å². The van der Waals surface area contributed by atoms with Crippen molar-refractivity contribution < 1.29 is 0 Å². The van der Waals surface area contributed by atoms with Crippen LogP contribution in [-0.2, 0) is 0 Å². The predicted molar refractivity (Wildman–Crippen MR) is 64.9 cm³/mol. The Kier molecular flexibility index (Phi) is 4.99. The lowest BCUT2D eigenvalue weighted by molar-refractivity contribution is 0.884. The second-order valence-electron chi connectivity index (χ2n) is 3.96. The first-order valence-electron chi connectivity index (χ1n) is 5.95. The average Bonchev–Trinajstić information content (AvgIpc) is 2.52. The molecule has 0 atom stereocenters. The zero-order chi connectivity index (χ0) is 10.4. The van der Waals surface area contributed by atoms with Gasteiger partial charge in [-0.3, -0.25) is 0 Å². The van der Waals surface area contributed by atoms with Crippen molar-refractivity contribution in [2.75, 3.05) is 0 Å². The van der Waals surface area contributed by atoms with Crippen molar-refractivity contribution in [1.29, 1.82) is 0 Å². The van der Waals surface area contributed by atoms with Crippen LogP contribution in [0.4, 0.5) is 0 Å². The monoisotopic (exact) mass is 190 g/mol. The summed E-state index contributed by atoms with van der Waals surface area (Å²) >= 11 is 0. The quantitative estimate of drug-likeness (QED) is 0.566. The molecular weight excluding hydrogens is 169 g/mol. The van der Waals surface area contributed by atoms with Crippen LogP contribution in [0.25, 0.3) is 0 Å². The first-order valence-corrected chi connectivity index (χ1v) is 5.95. The highest BCUT2D eigenvalue weighted by Gasteiger charge is 2.17. The van der Waals surface area contributed by atoms with Gasteiger partial charge in [0.15, 0.2) is 0 Å². The van der Waals surface area contributed by atoms with Crippen molar-refractivity contribution in [3.05, 3.63) is 11.0 Å². The SMILES string of the molecule is CCCC1=N[B]C(CCC)=C1CCC. The number of rotatable bonds is 6. The fourth-order valence-corrected chi connectivity index (χ4v) is 1.99. The van der Waals surface area contributed by atoms with E-state index in [-0.39, 0.29) is 0 Å². The highest BCUT2D eigenvalue weighted by atomic mass is 14.7. The van der Waals surface area contributed by atoms with E-state index in [2.05, 4.69) is 33.1 Å². The van der Waals surface area contributed by atoms with Gasteiger partial charge in [0.2, 0.25) is 0 Å². The van der Waals surface area contributed by atoms with Crippen LogP contribution >= 0.6 is 0 Å². The maximum atomic E-state index is 4.54. The van der Waals surface area contributed by atoms with E-state index < -0.39 is 0 Å². The number of nitrogens with zero attached hydrogens (tertiary/aromatic N) is 1. The van der Waals surface area contributed by atoms with E-state index in [1.165, 1.54) is 43.3 Å². The summed E-state index contributed by atoms with van der Waals surface area (Å²) in [5, 5.41) is 0. The Hall–Kier alpha value is -0.525. The Balaban J connectivity index is 2.69. The summed E-state index contributed by atoms with van der Waals surface area (Å²) in [6.45, 7) is 6.71. The van der Waals surface area contributed by atoms with Gasteiger partial charge in [0, 0.05) is 5.71 Å². The summed E-state index contributed by atoms with van der Waals surface area (Å²) in [6.07, 6.45) is 7.24. The second-order valence-corrected chi connectivity index (χ2v) is 3.96. The maximum Gasteiger partial charge on any atom is 0.308 e. The lowest BCUT2D eigenvalue weighted by Crippen LogP contribution is -2.00. The topological polar surface area (TPSA) is 12.4 Å². The van der Waals surface area contributed by atoms with Gasteiger partial charge in [0.1, 0.15) is 0 Å². The highest BCUT2D eigenvalue weighted by Crippen LogP contribution is 2.24. The van der Waals surface area contributed by atoms with Gasteiger partial charge in [-0.25, -0.2) is 0 Å². The van der Waals surface area contributed by atoms with E-state index in [1.807, 2.05) is 0 Å². The van der Waals surface area contributed by atoms with Crippen molar-refractivity contribution in [2.45, 2.75) is 59.3 Å². The third-order valence-corrected chi connectivity index (χ3v) is 2.62. The summed E-state index contributed by atoms with van der Waals surface area (Å²) in [5.74, 6) is 0. The molecule has 14 heavy (non-hydrogen) atoms. The highest BCUT2D eigenvalue weighted by molar-refractivity contribution is 6.50. The Labute approximate surface area is 89.0 Å². The van der Waals surface area contributed by atoms with Gasteiger partial charge in [-0.05, 0) is 24.8 Å². The largest absolute Gasteiger partial charge is 0.346 e. The zero-order valence-electron chi connectivity index (χ0n) is 9.77. The van der Waals surface area contributed by atoms with E-state index >= 15 is 0 Å². The molecule has 0 saturated carbocycles. The van der Waals surface area contributed by atoms with Crippen molar-refractivity contribution in [3.8, 4) is 0 Å². The van der Waals surface area contributed by atoms with Crippen LogP contribution in [0.15, 0.2) is 15.9 Å². The molecule has 1 rings (SSSR count). The molecule has 77 valence electrons. The summed E-state index contributed by atoms with van der Waals surface area (Å²) in [7, 11) is 2.10. The fraction of sp³-hybridized carbons (Fsp3) is 0.750. The molecule has 0 bridgehead atoms. The second kappa shape index (κ2) is 6.05. The Bertz CT molecular complexity index is 241. The molecule has 0 aliphatic carbocycles.